The smallest absolute Gasteiger partial charge is 0.238 e. The zero-order valence-corrected chi connectivity index (χ0v) is 12.3. The van der Waals surface area contributed by atoms with Gasteiger partial charge in [-0.05, 0) is 37.6 Å². The van der Waals surface area contributed by atoms with Crippen molar-refractivity contribution in [3.63, 3.8) is 0 Å². The van der Waals surface area contributed by atoms with Crippen LogP contribution in [0.2, 0.25) is 0 Å². The fourth-order valence-electron chi connectivity index (χ4n) is 1.46. The molecule has 0 saturated heterocycles. The third kappa shape index (κ3) is 3.76. The minimum atomic E-state index is -0.191. The fraction of sp³-hybridized carbons (Fsp3) is 0.250. The second-order valence-electron chi connectivity index (χ2n) is 3.92. The van der Waals surface area contributed by atoms with Crippen LogP contribution in [0, 0.1) is 13.8 Å². The van der Waals surface area contributed by atoms with E-state index in [-0.39, 0.29) is 12.5 Å². The predicted molar refractivity (Wildman–Crippen MR) is 77.6 cm³/mol. The maximum Gasteiger partial charge on any atom is 0.238 e. The van der Waals surface area contributed by atoms with Gasteiger partial charge in [-0.25, -0.2) is 0 Å². The summed E-state index contributed by atoms with van der Waals surface area (Å²) in [6.07, 6.45) is 0. The average molecular weight is 294 g/mol. The van der Waals surface area contributed by atoms with Crippen molar-refractivity contribution in [3.8, 4) is 0 Å². The summed E-state index contributed by atoms with van der Waals surface area (Å²) >= 11 is 3.12. The average Bonchev–Trinajstić information content (AvgIpc) is 2.78. The van der Waals surface area contributed by atoms with E-state index in [1.165, 1.54) is 0 Å². The van der Waals surface area contributed by atoms with Gasteiger partial charge < -0.3 is 11.1 Å². The Balaban J connectivity index is 2.12. The van der Waals surface area contributed by atoms with Crippen LogP contribution >= 0.6 is 23.1 Å². The maximum atomic E-state index is 11.3. The molecule has 0 atom stereocenters. The summed E-state index contributed by atoms with van der Waals surface area (Å²) < 4.78 is 0.913. The van der Waals surface area contributed by atoms with Crippen LogP contribution in [-0.2, 0) is 4.79 Å². The van der Waals surface area contributed by atoms with Crippen molar-refractivity contribution in [3.05, 3.63) is 28.8 Å². The lowest BCUT2D eigenvalue weighted by Crippen LogP contribution is -2.22. The molecule has 2 aromatic rings. The Labute approximate surface area is 119 Å². The van der Waals surface area contributed by atoms with Gasteiger partial charge >= 0.3 is 0 Å². The molecule has 3 N–H and O–H groups in total. The number of carbonyl (C=O) groups is 1. The summed E-state index contributed by atoms with van der Waals surface area (Å²) in [5, 5.41) is 11.8. The monoisotopic (exact) mass is 294 g/mol. The van der Waals surface area contributed by atoms with Gasteiger partial charge in [0.15, 0.2) is 4.34 Å². The van der Waals surface area contributed by atoms with Crippen molar-refractivity contribution in [2.45, 2.75) is 23.1 Å². The van der Waals surface area contributed by atoms with Crippen LogP contribution in [0.25, 0.3) is 0 Å². The highest BCUT2D eigenvalue weighted by Crippen LogP contribution is 2.31. The molecule has 1 heterocycles. The Bertz CT molecular complexity index is 597. The lowest BCUT2D eigenvalue weighted by Gasteiger charge is -2.08. The molecular weight excluding hydrogens is 280 g/mol. The van der Waals surface area contributed by atoms with E-state index in [9.17, 15) is 4.79 Å². The standard InChI is InChI=1S/C12H14N4OS2/c1-7-5-9(19-12-16-15-8(2)18-12)3-4-10(7)14-11(17)6-13/h3-5H,6,13H2,1-2H3,(H,14,17). The van der Waals surface area contributed by atoms with Gasteiger partial charge in [-0.2, -0.15) is 0 Å². The van der Waals surface area contributed by atoms with E-state index < -0.39 is 0 Å². The fourth-order valence-corrected chi connectivity index (χ4v) is 3.35. The molecule has 0 spiro atoms. The van der Waals surface area contributed by atoms with Crippen molar-refractivity contribution >= 4 is 34.7 Å². The number of aryl methyl sites for hydroxylation is 2. The predicted octanol–water partition coefficient (Wildman–Crippen LogP) is 2.20. The number of nitrogens with zero attached hydrogens (tertiary/aromatic N) is 2. The van der Waals surface area contributed by atoms with E-state index in [1.54, 1.807) is 23.1 Å². The van der Waals surface area contributed by atoms with Gasteiger partial charge in [-0.1, -0.05) is 23.1 Å². The van der Waals surface area contributed by atoms with Crippen molar-refractivity contribution in [2.75, 3.05) is 11.9 Å². The van der Waals surface area contributed by atoms with Crippen LogP contribution in [0.1, 0.15) is 10.6 Å². The van der Waals surface area contributed by atoms with Gasteiger partial charge in [-0.15, -0.1) is 10.2 Å². The first-order valence-electron chi connectivity index (χ1n) is 5.67. The van der Waals surface area contributed by atoms with Gasteiger partial charge in [-0.3, -0.25) is 4.79 Å². The summed E-state index contributed by atoms with van der Waals surface area (Å²) in [4.78, 5) is 12.3. The summed E-state index contributed by atoms with van der Waals surface area (Å²) in [7, 11) is 0. The van der Waals surface area contributed by atoms with E-state index in [1.807, 2.05) is 32.0 Å². The second kappa shape index (κ2) is 6.14. The molecule has 1 aromatic carbocycles. The highest BCUT2D eigenvalue weighted by atomic mass is 32.2. The number of benzene rings is 1. The number of aromatic nitrogens is 2. The lowest BCUT2D eigenvalue weighted by molar-refractivity contribution is -0.114. The van der Waals surface area contributed by atoms with Crippen LogP contribution in [0.5, 0.6) is 0 Å². The number of amides is 1. The van der Waals surface area contributed by atoms with Crippen LogP contribution < -0.4 is 11.1 Å². The zero-order valence-electron chi connectivity index (χ0n) is 10.6. The van der Waals surface area contributed by atoms with E-state index in [4.69, 9.17) is 5.73 Å². The minimum Gasteiger partial charge on any atom is -0.325 e. The lowest BCUT2D eigenvalue weighted by atomic mass is 10.2. The number of nitrogens with one attached hydrogen (secondary N) is 1. The molecule has 7 heteroatoms. The molecule has 1 aromatic heterocycles. The summed E-state index contributed by atoms with van der Waals surface area (Å²) in [6.45, 7) is 3.86. The Hall–Kier alpha value is -1.44. The zero-order chi connectivity index (χ0) is 13.8. The molecule has 0 saturated carbocycles. The van der Waals surface area contributed by atoms with Gasteiger partial charge in [0, 0.05) is 10.6 Å². The maximum absolute atomic E-state index is 11.3. The van der Waals surface area contributed by atoms with Gasteiger partial charge in [0.05, 0.1) is 6.54 Å². The van der Waals surface area contributed by atoms with E-state index in [0.717, 1.165) is 25.5 Å². The third-order valence-corrected chi connectivity index (χ3v) is 4.25. The number of anilines is 1. The molecule has 0 bridgehead atoms. The molecule has 0 aliphatic carbocycles. The molecule has 0 fully saturated rings. The van der Waals surface area contributed by atoms with Crippen LogP contribution in [-0.4, -0.2) is 22.6 Å². The first-order chi connectivity index (χ1) is 9.08. The summed E-state index contributed by atoms with van der Waals surface area (Å²) in [5.41, 5.74) is 7.05. The Kier molecular flexibility index (Phi) is 4.52. The molecule has 19 heavy (non-hydrogen) atoms. The molecule has 5 nitrogen and oxygen atoms in total. The highest BCUT2D eigenvalue weighted by Gasteiger charge is 2.07. The summed E-state index contributed by atoms with van der Waals surface area (Å²) in [5.74, 6) is -0.191. The van der Waals surface area contributed by atoms with Crippen molar-refractivity contribution in [2.24, 2.45) is 5.73 Å². The van der Waals surface area contributed by atoms with Gasteiger partial charge in [0.1, 0.15) is 5.01 Å². The molecule has 0 aliphatic heterocycles. The second-order valence-corrected chi connectivity index (χ2v) is 6.42. The van der Waals surface area contributed by atoms with E-state index >= 15 is 0 Å². The van der Waals surface area contributed by atoms with Gasteiger partial charge in [0.25, 0.3) is 0 Å². The molecule has 2 rings (SSSR count). The number of nitrogens with two attached hydrogens (primary N) is 1. The molecule has 0 radical (unpaired) electrons. The Morgan fingerprint density at radius 1 is 1.42 bits per heavy atom. The number of rotatable bonds is 4. The Morgan fingerprint density at radius 2 is 2.21 bits per heavy atom. The first-order valence-corrected chi connectivity index (χ1v) is 7.30. The molecule has 1 amide bonds. The highest BCUT2D eigenvalue weighted by molar-refractivity contribution is 8.01. The van der Waals surface area contributed by atoms with E-state index in [0.29, 0.717) is 0 Å². The normalized spacial score (nSPS) is 10.5. The van der Waals surface area contributed by atoms with E-state index in [2.05, 4.69) is 15.5 Å². The van der Waals surface area contributed by atoms with Crippen LogP contribution in [0.15, 0.2) is 27.4 Å². The molecular formula is C12H14N4OS2. The van der Waals surface area contributed by atoms with Crippen molar-refractivity contribution in [1.82, 2.24) is 10.2 Å². The van der Waals surface area contributed by atoms with Crippen LogP contribution in [0.4, 0.5) is 5.69 Å². The van der Waals surface area contributed by atoms with Crippen molar-refractivity contribution < 1.29 is 4.79 Å². The minimum absolute atomic E-state index is 0.0139. The number of carbonyl (C=O) groups excluding carboxylic acids is 1. The largest absolute Gasteiger partial charge is 0.325 e. The van der Waals surface area contributed by atoms with Gasteiger partial charge in [0.2, 0.25) is 5.91 Å². The third-order valence-electron chi connectivity index (χ3n) is 2.37. The molecule has 0 aliphatic rings. The summed E-state index contributed by atoms with van der Waals surface area (Å²) in [6, 6.07) is 5.83. The molecule has 0 unspecified atom stereocenters. The number of hydrogen-bond acceptors (Lipinski definition) is 6. The van der Waals surface area contributed by atoms with Crippen LogP contribution in [0.3, 0.4) is 0 Å². The SMILES string of the molecule is Cc1nnc(Sc2ccc(NC(=O)CN)c(C)c2)s1. The number of hydrogen-bond donors (Lipinski definition) is 2. The first kappa shape index (κ1) is 14.0. The quantitative estimate of drug-likeness (QED) is 0.903. The topological polar surface area (TPSA) is 80.9 Å². The Morgan fingerprint density at radius 3 is 2.79 bits per heavy atom. The molecule has 100 valence electrons. The van der Waals surface area contributed by atoms with Crippen molar-refractivity contribution in [1.29, 1.82) is 0 Å².